The van der Waals surface area contributed by atoms with Gasteiger partial charge in [0.05, 0.1) is 6.20 Å². The van der Waals surface area contributed by atoms with E-state index in [1.54, 1.807) is 0 Å². The molecule has 0 bridgehead atoms. The van der Waals surface area contributed by atoms with Gasteiger partial charge in [0.1, 0.15) is 4.90 Å². The third-order valence-corrected chi connectivity index (χ3v) is 4.00. The van der Waals surface area contributed by atoms with E-state index in [2.05, 4.69) is 14.9 Å². The van der Waals surface area contributed by atoms with Gasteiger partial charge in [-0.15, -0.1) is 0 Å². The van der Waals surface area contributed by atoms with Crippen molar-refractivity contribution in [1.82, 2.24) is 14.9 Å². The maximum atomic E-state index is 11.8. The summed E-state index contributed by atoms with van der Waals surface area (Å²) in [6.45, 7) is 2.39. The van der Waals surface area contributed by atoms with E-state index in [0.29, 0.717) is 13.0 Å². The van der Waals surface area contributed by atoms with Crippen LogP contribution in [0.15, 0.2) is 41.6 Å². The first-order chi connectivity index (χ1) is 8.58. The van der Waals surface area contributed by atoms with Crippen LogP contribution in [0, 0.1) is 6.92 Å². The molecule has 1 aromatic carbocycles. The van der Waals surface area contributed by atoms with Gasteiger partial charge in [-0.2, -0.15) is 5.10 Å². The van der Waals surface area contributed by atoms with Crippen LogP contribution in [0.25, 0.3) is 0 Å². The molecule has 0 aliphatic carbocycles. The number of hydrogen-bond donors (Lipinski definition) is 2. The monoisotopic (exact) mass is 265 g/mol. The number of rotatable bonds is 5. The predicted octanol–water partition coefficient (Wildman–Crippen LogP) is 1.24. The maximum Gasteiger partial charge on any atom is 0.243 e. The first-order valence-corrected chi connectivity index (χ1v) is 7.10. The van der Waals surface area contributed by atoms with Gasteiger partial charge in [0.15, 0.2) is 0 Å². The minimum atomic E-state index is -3.44. The van der Waals surface area contributed by atoms with Gasteiger partial charge in [0, 0.05) is 12.7 Å². The molecule has 2 N–H and O–H groups in total. The summed E-state index contributed by atoms with van der Waals surface area (Å²) in [4.78, 5) is 0.159. The van der Waals surface area contributed by atoms with Gasteiger partial charge in [-0.05, 0) is 18.9 Å². The molecule has 0 aliphatic heterocycles. The highest BCUT2D eigenvalue weighted by Crippen LogP contribution is 2.06. The number of aryl methyl sites for hydroxylation is 1. The highest BCUT2D eigenvalue weighted by Gasteiger charge is 2.13. The van der Waals surface area contributed by atoms with Crippen molar-refractivity contribution < 1.29 is 8.42 Å². The highest BCUT2D eigenvalue weighted by molar-refractivity contribution is 7.89. The molecule has 0 fully saturated rings. The molecule has 18 heavy (non-hydrogen) atoms. The Balaban J connectivity index is 1.93. The van der Waals surface area contributed by atoms with Crippen molar-refractivity contribution >= 4 is 10.0 Å². The Kier molecular flexibility index (Phi) is 3.78. The second-order valence-electron chi connectivity index (χ2n) is 4.07. The fourth-order valence-electron chi connectivity index (χ4n) is 1.67. The number of sulfonamides is 1. The smallest absolute Gasteiger partial charge is 0.243 e. The molecule has 0 saturated heterocycles. The van der Waals surface area contributed by atoms with Crippen molar-refractivity contribution in [2.75, 3.05) is 6.54 Å². The predicted molar refractivity (Wildman–Crippen MR) is 68.7 cm³/mol. The van der Waals surface area contributed by atoms with Crippen LogP contribution >= 0.6 is 0 Å². The number of hydrogen-bond acceptors (Lipinski definition) is 3. The number of benzene rings is 1. The summed E-state index contributed by atoms with van der Waals surface area (Å²) in [7, 11) is -3.44. The average Bonchev–Trinajstić information content (AvgIpc) is 2.83. The number of nitrogens with zero attached hydrogens (tertiary/aromatic N) is 1. The summed E-state index contributed by atoms with van der Waals surface area (Å²) in [5.41, 5.74) is 2.29. The highest BCUT2D eigenvalue weighted by atomic mass is 32.2. The third kappa shape index (κ3) is 3.18. The van der Waals surface area contributed by atoms with Crippen LogP contribution in [-0.2, 0) is 16.4 Å². The minimum absolute atomic E-state index is 0.159. The first kappa shape index (κ1) is 12.8. The van der Waals surface area contributed by atoms with Gasteiger partial charge in [-0.3, -0.25) is 5.10 Å². The Morgan fingerprint density at radius 1 is 1.39 bits per heavy atom. The van der Waals surface area contributed by atoms with E-state index in [9.17, 15) is 8.42 Å². The summed E-state index contributed by atoms with van der Waals surface area (Å²) in [5, 5.41) is 6.10. The molecule has 0 amide bonds. The van der Waals surface area contributed by atoms with E-state index < -0.39 is 10.0 Å². The zero-order chi connectivity index (χ0) is 13.0. The quantitative estimate of drug-likeness (QED) is 0.854. The fraction of sp³-hybridized carbons (Fsp3) is 0.250. The standard InChI is InChI=1S/C12H15N3O2S/c1-10-3-2-4-11(7-10)5-6-15-18(16,17)12-8-13-14-9-12/h2-4,7-9,15H,5-6H2,1H3,(H,13,14). The third-order valence-electron chi connectivity index (χ3n) is 2.57. The molecule has 96 valence electrons. The number of aromatic amines is 1. The molecule has 1 heterocycles. The van der Waals surface area contributed by atoms with E-state index in [1.165, 1.54) is 18.0 Å². The van der Waals surface area contributed by atoms with Crippen molar-refractivity contribution in [2.24, 2.45) is 0 Å². The Bertz CT molecular complexity index is 606. The molecule has 5 nitrogen and oxygen atoms in total. The average molecular weight is 265 g/mol. The van der Waals surface area contributed by atoms with E-state index in [0.717, 1.165) is 5.56 Å². The summed E-state index contributed by atoms with van der Waals surface area (Å²) in [6, 6.07) is 8.01. The molecule has 0 aliphatic rings. The van der Waals surface area contributed by atoms with Crippen molar-refractivity contribution in [2.45, 2.75) is 18.2 Å². The van der Waals surface area contributed by atoms with E-state index >= 15 is 0 Å². The fourth-order valence-corrected chi connectivity index (χ4v) is 2.60. The largest absolute Gasteiger partial charge is 0.284 e. The van der Waals surface area contributed by atoms with Crippen LogP contribution in [0.1, 0.15) is 11.1 Å². The SMILES string of the molecule is Cc1cccc(CCNS(=O)(=O)c2cn[nH]c2)c1. The van der Waals surface area contributed by atoms with Crippen LogP contribution < -0.4 is 4.72 Å². The van der Waals surface area contributed by atoms with E-state index in [1.807, 2.05) is 31.2 Å². The minimum Gasteiger partial charge on any atom is -0.284 e. The molecule has 0 radical (unpaired) electrons. The Hall–Kier alpha value is -1.66. The lowest BCUT2D eigenvalue weighted by atomic mass is 10.1. The topological polar surface area (TPSA) is 74.8 Å². The van der Waals surface area contributed by atoms with Crippen molar-refractivity contribution in [3.05, 3.63) is 47.8 Å². The normalized spacial score (nSPS) is 11.6. The molecular weight excluding hydrogens is 250 g/mol. The van der Waals surface area contributed by atoms with Gasteiger partial charge in [-0.1, -0.05) is 29.8 Å². The van der Waals surface area contributed by atoms with Gasteiger partial charge in [0.25, 0.3) is 0 Å². The van der Waals surface area contributed by atoms with Crippen LogP contribution in [0.3, 0.4) is 0 Å². The number of aromatic nitrogens is 2. The van der Waals surface area contributed by atoms with E-state index in [4.69, 9.17) is 0 Å². The summed E-state index contributed by atoms with van der Waals surface area (Å²) in [5.74, 6) is 0. The van der Waals surface area contributed by atoms with Gasteiger partial charge < -0.3 is 0 Å². The molecular formula is C12H15N3O2S. The maximum absolute atomic E-state index is 11.8. The zero-order valence-electron chi connectivity index (χ0n) is 10.1. The van der Waals surface area contributed by atoms with Crippen molar-refractivity contribution in [3.63, 3.8) is 0 Å². The molecule has 0 spiro atoms. The second kappa shape index (κ2) is 5.32. The van der Waals surface area contributed by atoms with Crippen LogP contribution in [0.2, 0.25) is 0 Å². The van der Waals surface area contributed by atoms with Crippen LogP contribution in [-0.4, -0.2) is 25.2 Å². The summed E-state index contributed by atoms with van der Waals surface area (Å²) in [6.07, 6.45) is 3.31. The Morgan fingerprint density at radius 2 is 2.22 bits per heavy atom. The molecule has 6 heteroatoms. The lowest BCUT2D eigenvalue weighted by Gasteiger charge is -2.05. The molecule has 0 saturated carbocycles. The van der Waals surface area contributed by atoms with Gasteiger partial charge >= 0.3 is 0 Å². The van der Waals surface area contributed by atoms with Crippen molar-refractivity contribution in [1.29, 1.82) is 0 Å². The Morgan fingerprint density at radius 3 is 2.89 bits per heavy atom. The molecule has 0 atom stereocenters. The Labute approximate surface area is 106 Å². The van der Waals surface area contributed by atoms with Crippen molar-refractivity contribution in [3.8, 4) is 0 Å². The molecule has 0 unspecified atom stereocenters. The number of nitrogens with one attached hydrogen (secondary N) is 2. The van der Waals surface area contributed by atoms with Crippen LogP contribution in [0.5, 0.6) is 0 Å². The van der Waals surface area contributed by atoms with E-state index in [-0.39, 0.29) is 4.90 Å². The summed E-state index contributed by atoms with van der Waals surface area (Å²) >= 11 is 0. The second-order valence-corrected chi connectivity index (χ2v) is 5.84. The molecule has 2 aromatic rings. The molecule has 1 aromatic heterocycles. The summed E-state index contributed by atoms with van der Waals surface area (Å²) < 4.78 is 26.1. The molecule has 2 rings (SSSR count). The zero-order valence-corrected chi connectivity index (χ0v) is 10.9. The lowest BCUT2D eigenvalue weighted by molar-refractivity contribution is 0.581. The van der Waals surface area contributed by atoms with Gasteiger partial charge in [-0.25, -0.2) is 13.1 Å². The van der Waals surface area contributed by atoms with Gasteiger partial charge in [0.2, 0.25) is 10.0 Å². The lowest BCUT2D eigenvalue weighted by Crippen LogP contribution is -2.25. The van der Waals surface area contributed by atoms with Crippen LogP contribution in [0.4, 0.5) is 0 Å². The number of H-pyrrole nitrogens is 1. The first-order valence-electron chi connectivity index (χ1n) is 5.62.